The number of nitrogens with zero attached hydrogens (tertiary/aromatic N) is 1. The lowest BCUT2D eigenvalue weighted by Gasteiger charge is -2.26. The number of ether oxygens (including phenoxy) is 2. The molecule has 9 heteroatoms. The maximum atomic E-state index is 13.2. The highest BCUT2D eigenvalue weighted by molar-refractivity contribution is 6.52. The van der Waals surface area contributed by atoms with Gasteiger partial charge in [0.15, 0.2) is 0 Å². The third kappa shape index (κ3) is 4.04. The smallest absolute Gasteiger partial charge is 0.300 e. The van der Waals surface area contributed by atoms with E-state index in [9.17, 15) is 19.8 Å². The lowest BCUT2D eigenvalue weighted by Crippen LogP contribution is -2.29. The van der Waals surface area contributed by atoms with E-state index in [4.69, 9.17) is 32.7 Å². The number of hydrogen-bond acceptors (Lipinski definition) is 6. The summed E-state index contributed by atoms with van der Waals surface area (Å²) in [5.74, 6) is -1.42. The number of methoxy groups -OCH3 is 2. The van der Waals surface area contributed by atoms with E-state index < -0.39 is 23.5 Å². The van der Waals surface area contributed by atoms with Crippen LogP contribution in [0.15, 0.2) is 66.2 Å². The fourth-order valence-corrected chi connectivity index (χ4v) is 4.14. The number of ketones is 1. The number of halogens is 2. The Labute approximate surface area is 205 Å². The number of rotatable bonds is 5. The normalized spacial score (nSPS) is 17.2. The van der Waals surface area contributed by atoms with Crippen LogP contribution in [0, 0.1) is 0 Å². The molecule has 0 spiro atoms. The summed E-state index contributed by atoms with van der Waals surface area (Å²) >= 11 is 12.2. The standard InChI is InChI=1S/C25H19Cl2NO6/c1-33-16-8-9-17(20(12-16)34-2)23(30)21-22(13-3-6-15(29)7-4-13)28(25(32)24(21)31)14-5-10-18(26)19(27)11-14/h3-12,22,29-30H,1-2H3/b23-21-. The van der Waals surface area contributed by atoms with Crippen LogP contribution in [0.5, 0.6) is 17.2 Å². The molecule has 1 unspecified atom stereocenters. The fraction of sp³-hybridized carbons (Fsp3) is 0.120. The van der Waals surface area contributed by atoms with Gasteiger partial charge in [0.2, 0.25) is 0 Å². The average molecular weight is 500 g/mol. The number of benzene rings is 3. The molecule has 0 bridgehead atoms. The minimum atomic E-state index is -1.01. The average Bonchev–Trinajstić information content (AvgIpc) is 3.10. The van der Waals surface area contributed by atoms with Gasteiger partial charge in [-0.1, -0.05) is 35.3 Å². The molecule has 3 aromatic rings. The quantitative estimate of drug-likeness (QED) is 0.279. The Morgan fingerprint density at radius 3 is 2.24 bits per heavy atom. The molecular formula is C25H19Cl2NO6. The lowest BCUT2D eigenvalue weighted by molar-refractivity contribution is -0.132. The van der Waals surface area contributed by atoms with Crippen LogP contribution < -0.4 is 14.4 Å². The van der Waals surface area contributed by atoms with Crippen LogP contribution in [0.3, 0.4) is 0 Å². The highest BCUT2D eigenvalue weighted by atomic mass is 35.5. The molecule has 0 radical (unpaired) electrons. The largest absolute Gasteiger partial charge is 0.508 e. The molecule has 1 fully saturated rings. The highest BCUT2D eigenvalue weighted by Gasteiger charge is 2.47. The van der Waals surface area contributed by atoms with E-state index >= 15 is 0 Å². The zero-order valence-corrected chi connectivity index (χ0v) is 19.6. The minimum absolute atomic E-state index is 0.00654. The van der Waals surface area contributed by atoms with Crippen LogP contribution >= 0.6 is 23.2 Å². The van der Waals surface area contributed by atoms with Gasteiger partial charge < -0.3 is 19.7 Å². The molecule has 1 amide bonds. The molecule has 7 nitrogen and oxygen atoms in total. The highest BCUT2D eigenvalue weighted by Crippen LogP contribution is 2.44. The number of amides is 1. The molecule has 1 heterocycles. The molecule has 4 rings (SSSR count). The van der Waals surface area contributed by atoms with Gasteiger partial charge in [0.05, 0.1) is 41.4 Å². The van der Waals surface area contributed by atoms with Crippen molar-refractivity contribution in [1.29, 1.82) is 0 Å². The number of Topliss-reactive ketones (excluding diaryl/α,β-unsaturated/α-hetero) is 1. The molecule has 3 aromatic carbocycles. The number of aromatic hydroxyl groups is 1. The Morgan fingerprint density at radius 1 is 0.912 bits per heavy atom. The van der Waals surface area contributed by atoms with Gasteiger partial charge in [-0.05, 0) is 48.0 Å². The molecule has 0 saturated carbocycles. The molecule has 1 atom stereocenters. The molecule has 0 aromatic heterocycles. The number of carbonyl (C=O) groups is 2. The van der Waals surface area contributed by atoms with Crippen molar-refractivity contribution in [2.45, 2.75) is 6.04 Å². The van der Waals surface area contributed by atoms with Gasteiger partial charge in [-0.3, -0.25) is 14.5 Å². The summed E-state index contributed by atoms with van der Waals surface area (Å²) in [5.41, 5.74) is 0.858. The Kier molecular flexibility index (Phi) is 6.41. The Hall–Kier alpha value is -3.68. The summed E-state index contributed by atoms with van der Waals surface area (Å²) in [7, 11) is 2.90. The van der Waals surface area contributed by atoms with Gasteiger partial charge in [-0.2, -0.15) is 0 Å². The number of phenolic OH excluding ortho intramolecular Hbond substituents is 1. The summed E-state index contributed by atoms with van der Waals surface area (Å²) in [5, 5.41) is 21.5. The molecule has 1 saturated heterocycles. The van der Waals surface area contributed by atoms with Gasteiger partial charge >= 0.3 is 0 Å². The minimum Gasteiger partial charge on any atom is -0.508 e. The number of aliphatic hydroxyl groups excluding tert-OH is 1. The van der Waals surface area contributed by atoms with Crippen molar-refractivity contribution >= 4 is 46.3 Å². The Morgan fingerprint density at radius 2 is 1.62 bits per heavy atom. The Balaban J connectivity index is 1.97. The van der Waals surface area contributed by atoms with Gasteiger partial charge in [0.1, 0.15) is 23.0 Å². The van der Waals surface area contributed by atoms with Crippen molar-refractivity contribution in [3.63, 3.8) is 0 Å². The zero-order valence-electron chi connectivity index (χ0n) is 18.1. The van der Waals surface area contributed by atoms with Crippen molar-refractivity contribution in [1.82, 2.24) is 0 Å². The predicted octanol–water partition coefficient (Wildman–Crippen LogP) is 5.34. The number of aliphatic hydroxyl groups is 1. The first kappa shape index (κ1) is 23.5. The molecule has 1 aliphatic heterocycles. The van der Waals surface area contributed by atoms with E-state index in [-0.39, 0.29) is 32.7 Å². The maximum absolute atomic E-state index is 13.2. The zero-order chi connectivity index (χ0) is 24.6. The Bertz CT molecular complexity index is 1320. The second-order valence-corrected chi connectivity index (χ2v) is 8.24. The summed E-state index contributed by atoms with van der Waals surface area (Å²) in [6.07, 6.45) is 0. The van der Waals surface area contributed by atoms with E-state index in [0.29, 0.717) is 17.0 Å². The van der Waals surface area contributed by atoms with Gasteiger partial charge in [0.25, 0.3) is 11.7 Å². The van der Waals surface area contributed by atoms with E-state index in [1.807, 2.05) is 0 Å². The molecule has 1 aliphatic rings. The fourth-order valence-electron chi connectivity index (χ4n) is 3.84. The van der Waals surface area contributed by atoms with E-state index in [2.05, 4.69) is 0 Å². The first-order chi connectivity index (χ1) is 16.3. The monoisotopic (exact) mass is 499 g/mol. The molecular weight excluding hydrogens is 481 g/mol. The summed E-state index contributed by atoms with van der Waals surface area (Å²) in [4.78, 5) is 27.7. The van der Waals surface area contributed by atoms with E-state index in [0.717, 1.165) is 0 Å². The van der Waals surface area contributed by atoms with Crippen LogP contribution in [0.25, 0.3) is 5.76 Å². The van der Waals surface area contributed by atoms with Gasteiger partial charge in [-0.25, -0.2) is 0 Å². The SMILES string of the molecule is COc1ccc(/C(O)=C2/C(=O)C(=O)N(c3ccc(Cl)c(Cl)c3)C2c2ccc(O)cc2)c(OC)c1. The van der Waals surface area contributed by atoms with Crippen molar-refractivity contribution in [3.05, 3.63) is 87.4 Å². The number of anilines is 1. The predicted molar refractivity (Wildman–Crippen MR) is 129 cm³/mol. The topological polar surface area (TPSA) is 96.3 Å². The van der Waals surface area contributed by atoms with Crippen LogP contribution in [0.1, 0.15) is 17.2 Å². The second kappa shape index (κ2) is 9.29. The maximum Gasteiger partial charge on any atom is 0.300 e. The van der Waals surface area contributed by atoms with Crippen LogP contribution in [-0.4, -0.2) is 36.1 Å². The second-order valence-electron chi connectivity index (χ2n) is 7.43. The third-order valence-electron chi connectivity index (χ3n) is 5.50. The first-order valence-electron chi connectivity index (χ1n) is 10.0. The lowest BCUT2D eigenvalue weighted by atomic mass is 9.94. The van der Waals surface area contributed by atoms with Gasteiger partial charge in [-0.15, -0.1) is 0 Å². The summed E-state index contributed by atoms with van der Waals surface area (Å²) < 4.78 is 10.6. The van der Waals surface area contributed by atoms with Crippen molar-refractivity contribution in [2.24, 2.45) is 0 Å². The van der Waals surface area contributed by atoms with Crippen LogP contribution in [-0.2, 0) is 9.59 Å². The first-order valence-corrected chi connectivity index (χ1v) is 10.8. The van der Waals surface area contributed by atoms with E-state index in [1.165, 1.54) is 49.5 Å². The molecule has 0 aliphatic carbocycles. The van der Waals surface area contributed by atoms with E-state index in [1.54, 1.807) is 30.3 Å². The number of phenols is 1. The van der Waals surface area contributed by atoms with Crippen LogP contribution in [0.4, 0.5) is 5.69 Å². The summed E-state index contributed by atoms with van der Waals surface area (Å²) in [6, 6.07) is 14.2. The van der Waals surface area contributed by atoms with Crippen molar-refractivity contribution in [2.75, 3.05) is 19.1 Å². The molecule has 34 heavy (non-hydrogen) atoms. The molecule has 174 valence electrons. The third-order valence-corrected chi connectivity index (χ3v) is 6.24. The van der Waals surface area contributed by atoms with Crippen molar-refractivity contribution in [3.8, 4) is 17.2 Å². The van der Waals surface area contributed by atoms with Crippen LogP contribution in [0.2, 0.25) is 10.0 Å². The number of hydrogen-bond donors (Lipinski definition) is 2. The van der Waals surface area contributed by atoms with Gasteiger partial charge in [0, 0.05) is 11.8 Å². The summed E-state index contributed by atoms with van der Waals surface area (Å²) in [6.45, 7) is 0. The molecule has 2 N–H and O–H groups in total. The number of carbonyl (C=O) groups excluding carboxylic acids is 2. The van der Waals surface area contributed by atoms with Crippen molar-refractivity contribution < 1.29 is 29.3 Å².